The zero-order chi connectivity index (χ0) is 10.9. The van der Waals surface area contributed by atoms with E-state index in [0.29, 0.717) is 6.42 Å². The van der Waals surface area contributed by atoms with Gasteiger partial charge in [0.2, 0.25) is 11.8 Å². The summed E-state index contributed by atoms with van der Waals surface area (Å²) in [5, 5.41) is 5.50. The number of nitrogens with one attached hydrogen (secondary N) is 2. The van der Waals surface area contributed by atoms with Gasteiger partial charge in [-0.25, -0.2) is 0 Å². The smallest absolute Gasteiger partial charge is 0.244 e. The maximum atomic E-state index is 11.3. The van der Waals surface area contributed by atoms with Gasteiger partial charge in [-0.15, -0.1) is 0 Å². The molecule has 0 saturated carbocycles. The van der Waals surface area contributed by atoms with Crippen LogP contribution in [0.15, 0.2) is 0 Å². The van der Waals surface area contributed by atoms with Crippen LogP contribution in [-0.2, 0) is 9.59 Å². The standard InChI is InChI=1S/C10H16N2O2S/c1-10(3-2-4-15-10)6-11-7-5-8(13)12-9(7)14/h7,11H,2-6H2,1H3,(H,12,13,14). The van der Waals surface area contributed by atoms with E-state index >= 15 is 0 Å². The first-order chi connectivity index (χ1) is 7.09. The molecule has 0 aromatic rings. The number of carbonyl (C=O) groups excluding carboxylic acids is 2. The van der Waals surface area contributed by atoms with Crippen molar-refractivity contribution in [1.29, 1.82) is 0 Å². The van der Waals surface area contributed by atoms with Crippen molar-refractivity contribution in [3.63, 3.8) is 0 Å². The van der Waals surface area contributed by atoms with Crippen molar-refractivity contribution in [3.05, 3.63) is 0 Å². The van der Waals surface area contributed by atoms with Crippen LogP contribution in [0.4, 0.5) is 0 Å². The molecule has 2 rings (SSSR count). The van der Waals surface area contributed by atoms with E-state index in [2.05, 4.69) is 17.6 Å². The Morgan fingerprint density at radius 2 is 2.40 bits per heavy atom. The fourth-order valence-electron chi connectivity index (χ4n) is 2.03. The molecule has 2 unspecified atom stereocenters. The second kappa shape index (κ2) is 4.14. The molecule has 2 aliphatic rings. The number of imide groups is 1. The van der Waals surface area contributed by atoms with Gasteiger partial charge in [0.05, 0.1) is 12.5 Å². The zero-order valence-electron chi connectivity index (χ0n) is 8.84. The lowest BCUT2D eigenvalue weighted by Gasteiger charge is -2.24. The van der Waals surface area contributed by atoms with Crippen LogP contribution in [0.1, 0.15) is 26.2 Å². The number of hydrogen-bond donors (Lipinski definition) is 2. The average Bonchev–Trinajstić information content (AvgIpc) is 2.71. The minimum absolute atomic E-state index is 0.165. The molecule has 2 aliphatic heterocycles. The Hall–Kier alpha value is -0.550. The first-order valence-electron chi connectivity index (χ1n) is 5.30. The molecule has 2 N–H and O–H groups in total. The fraction of sp³-hybridized carbons (Fsp3) is 0.800. The SMILES string of the molecule is CC1(CNC2CC(=O)NC2=O)CCCS1. The third-order valence-corrected chi connectivity index (χ3v) is 4.53. The van der Waals surface area contributed by atoms with Gasteiger partial charge in [-0.2, -0.15) is 11.8 Å². The molecule has 4 nitrogen and oxygen atoms in total. The van der Waals surface area contributed by atoms with Crippen LogP contribution in [0.2, 0.25) is 0 Å². The lowest BCUT2D eigenvalue weighted by molar-refractivity contribution is -0.125. The topological polar surface area (TPSA) is 58.2 Å². The molecule has 0 aromatic heterocycles. The summed E-state index contributed by atoms with van der Waals surface area (Å²) in [4.78, 5) is 22.3. The molecule has 2 atom stereocenters. The summed E-state index contributed by atoms with van der Waals surface area (Å²) in [5.41, 5.74) is 0. The molecule has 0 bridgehead atoms. The Kier molecular flexibility index (Phi) is 3.02. The molecular formula is C10H16N2O2S. The molecule has 0 aliphatic carbocycles. The van der Waals surface area contributed by atoms with Crippen molar-refractivity contribution < 1.29 is 9.59 Å². The first-order valence-corrected chi connectivity index (χ1v) is 6.29. The van der Waals surface area contributed by atoms with Crippen LogP contribution in [0.5, 0.6) is 0 Å². The van der Waals surface area contributed by atoms with Crippen LogP contribution in [0.3, 0.4) is 0 Å². The summed E-state index contributed by atoms with van der Waals surface area (Å²) in [6.45, 7) is 3.02. The predicted molar refractivity (Wildman–Crippen MR) is 59.7 cm³/mol. The molecule has 2 heterocycles. The van der Waals surface area contributed by atoms with Gasteiger partial charge in [0.25, 0.3) is 0 Å². The Labute approximate surface area is 93.6 Å². The van der Waals surface area contributed by atoms with Gasteiger partial charge in [-0.05, 0) is 25.5 Å². The van der Waals surface area contributed by atoms with Crippen LogP contribution < -0.4 is 10.6 Å². The molecule has 0 spiro atoms. The van der Waals surface area contributed by atoms with Crippen LogP contribution in [-0.4, -0.2) is 34.9 Å². The Bertz CT molecular complexity index is 287. The van der Waals surface area contributed by atoms with Crippen molar-refractivity contribution in [2.75, 3.05) is 12.3 Å². The van der Waals surface area contributed by atoms with Crippen molar-refractivity contribution in [2.24, 2.45) is 0 Å². The number of hydrogen-bond acceptors (Lipinski definition) is 4. The summed E-state index contributed by atoms with van der Waals surface area (Å²) in [6, 6.07) is -0.310. The minimum Gasteiger partial charge on any atom is -0.304 e. The van der Waals surface area contributed by atoms with Gasteiger partial charge < -0.3 is 5.32 Å². The number of rotatable bonds is 3. The van der Waals surface area contributed by atoms with Crippen molar-refractivity contribution >= 4 is 23.6 Å². The van der Waals surface area contributed by atoms with Crippen LogP contribution >= 0.6 is 11.8 Å². The maximum absolute atomic E-state index is 11.3. The monoisotopic (exact) mass is 228 g/mol. The lowest BCUT2D eigenvalue weighted by Crippen LogP contribution is -2.43. The third-order valence-electron chi connectivity index (χ3n) is 2.99. The number of thioether (sulfide) groups is 1. The fourth-order valence-corrected chi connectivity index (χ4v) is 3.29. The number of carbonyl (C=O) groups is 2. The van der Waals surface area contributed by atoms with E-state index in [4.69, 9.17) is 0 Å². The molecule has 2 fully saturated rings. The highest BCUT2D eigenvalue weighted by molar-refractivity contribution is 8.00. The van der Waals surface area contributed by atoms with E-state index in [1.54, 1.807) is 0 Å². The predicted octanol–water partition coefficient (Wildman–Crippen LogP) is 0.277. The lowest BCUT2D eigenvalue weighted by atomic mass is 10.1. The quantitative estimate of drug-likeness (QED) is 0.681. The van der Waals surface area contributed by atoms with Crippen LogP contribution in [0.25, 0.3) is 0 Å². The first kappa shape index (κ1) is 11.0. The van der Waals surface area contributed by atoms with E-state index in [-0.39, 0.29) is 22.6 Å². The summed E-state index contributed by atoms with van der Waals surface area (Å²) in [7, 11) is 0. The van der Waals surface area contributed by atoms with E-state index in [1.807, 2.05) is 11.8 Å². The summed E-state index contributed by atoms with van der Waals surface area (Å²) in [5.74, 6) is 0.863. The molecule has 2 saturated heterocycles. The maximum Gasteiger partial charge on any atom is 0.244 e. The van der Waals surface area contributed by atoms with Crippen molar-refractivity contribution in [3.8, 4) is 0 Å². The highest BCUT2D eigenvalue weighted by Crippen LogP contribution is 2.37. The molecule has 0 radical (unpaired) electrons. The molecule has 2 amide bonds. The van der Waals surface area contributed by atoms with Crippen LogP contribution in [0, 0.1) is 0 Å². The summed E-state index contributed by atoms with van der Waals surface area (Å²) < 4.78 is 0.242. The molecular weight excluding hydrogens is 212 g/mol. The highest BCUT2D eigenvalue weighted by atomic mass is 32.2. The second-order valence-electron chi connectivity index (χ2n) is 4.45. The molecule has 15 heavy (non-hydrogen) atoms. The number of amides is 2. The average molecular weight is 228 g/mol. The van der Waals surface area contributed by atoms with E-state index in [0.717, 1.165) is 6.54 Å². The normalized spacial score (nSPS) is 35.9. The van der Waals surface area contributed by atoms with Gasteiger partial charge in [0, 0.05) is 11.3 Å². The summed E-state index contributed by atoms with van der Waals surface area (Å²) in [6.07, 6.45) is 2.73. The largest absolute Gasteiger partial charge is 0.304 e. The molecule has 84 valence electrons. The van der Waals surface area contributed by atoms with E-state index < -0.39 is 0 Å². The highest BCUT2D eigenvalue weighted by Gasteiger charge is 2.34. The van der Waals surface area contributed by atoms with Gasteiger partial charge in [0.1, 0.15) is 0 Å². The van der Waals surface area contributed by atoms with E-state index in [9.17, 15) is 9.59 Å². The van der Waals surface area contributed by atoms with Gasteiger partial charge >= 0.3 is 0 Å². The van der Waals surface area contributed by atoms with E-state index in [1.165, 1.54) is 18.6 Å². The third kappa shape index (κ3) is 2.52. The molecule has 0 aromatic carbocycles. The Morgan fingerprint density at radius 3 is 2.93 bits per heavy atom. The minimum atomic E-state index is -0.310. The second-order valence-corrected chi connectivity index (χ2v) is 6.13. The van der Waals surface area contributed by atoms with Gasteiger partial charge in [-0.3, -0.25) is 14.9 Å². The van der Waals surface area contributed by atoms with Gasteiger partial charge in [0.15, 0.2) is 0 Å². The van der Waals surface area contributed by atoms with Crippen molar-refractivity contribution in [1.82, 2.24) is 10.6 Å². The zero-order valence-corrected chi connectivity index (χ0v) is 9.65. The molecule has 5 heteroatoms. The van der Waals surface area contributed by atoms with Gasteiger partial charge in [-0.1, -0.05) is 0 Å². The Balaban J connectivity index is 1.83. The van der Waals surface area contributed by atoms with Crippen molar-refractivity contribution in [2.45, 2.75) is 37.0 Å². The Morgan fingerprint density at radius 1 is 1.60 bits per heavy atom. The summed E-state index contributed by atoms with van der Waals surface area (Å²) >= 11 is 1.95.